The molecule has 3 fully saturated rings. The second-order valence-electron chi connectivity index (χ2n) is 6.62. The van der Waals surface area contributed by atoms with Gasteiger partial charge in [0.2, 0.25) is 0 Å². The molecule has 0 bridgehead atoms. The third-order valence-electron chi connectivity index (χ3n) is 5.26. The van der Waals surface area contributed by atoms with Crippen LogP contribution < -0.4 is 5.32 Å². The van der Waals surface area contributed by atoms with Gasteiger partial charge < -0.3 is 15.0 Å². The maximum Gasteiger partial charge on any atom is 0.410 e. The van der Waals surface area contributed by atoms with Crippen LogP contribution in [0.3, 0.4) is 0 Å². The van der Waals surface area contributed by atoms with Crippen LogP contribution in [-0.4, -0.2) is 42.3 Å². The van der Waals surface area contributed by atoms with Crippen LogP contribution in [0.15, 0.2) is 0 Å². The molecule has 1 N–H and O–H groups in total. The molecule has 108 valence electrons. The summed E-state index contributed by atoms with van der Waals surface area (Å²) in [7, 11) is 0. The van der Waals surface area contributed by atoms with Gasteiger partial charge in [0, 0.05) is 12.0 Å². The molecular formula is C15H26N2O2. The van der Waals surface area contributed by atoms with Crippen molar-refractivity contribution in [3.63, 3.8) is 0 Å². The second-order valence-corrected chi connectivity index (χ2v) is 6.62. The highest BCUT2D eigenvalue weighted by Crippen LogP contribution is 2.37. The summed E-state index contributed by atoms with van der Waals surface area (Å²) in [6.45, 7) is 5.06. The molecule has 1 atom stereocenters. The van der Waals surface area contributed by atoms with Gasteiger partial charge in [-0.15, -0.1) is 0 Å². The highest BCUT2D eigenvalue weighted by molar-refractivity contribution is 5.71. The Balaban J connectivity index is 1.67. The number of nitrogens with one attached hydrogen (secondary N) is 1. The van der Waals surface area contributed by atoms with Crippen LogP contribution in [0, 0.1) is 5.92 Å². The first-order chi connectivity index (χ1) is 9.19. The van der Waals surface area contributed by atoms with Gasteiger partial charge in [-0.2, -0.15) is 0 Å². The number of hydrogen-bond acceptors (Lipinski definition) is 3. The lowest BCUT2D eigenvalue weighted by molar-refractivity contribution is 0.00935. The van der Waals surface area contributed by atoms with Gasteiger partial charge >= 0.3 is 6.09 Å². The summed E-state index contributed by atoms with van der Waals surface area (Å²) in [5.41, 5.74) is -0.253. The Morgan fingerprint density at radius 3 is 2.53 bits per heavy atom. The normalized spacial score (nSPS) is 34.6. The van der Waals surface area contributed by atoms with Crippen molar-refractivity contribution in [1.29, 1.82) is 0 Å². The van der Waals surface area contributed by atoms with Crippen LogP contribution in [0.2, 0.25) is 0 Å². The number of nitrogens with zero attached hydrogens (tertiary/aromatic N) is 1. The average Bonchev–Trinajstić information content (AvgIpc) is 2.77. The summed E-state index contributed by atoms with van der Waals surface area (Å²) in [5, 5.41) is 3.39. The van der Waals surface area contributed by atoms with Crippen molar-refractivity contribution in [2.24, 2.45) is 5.92 Å². The van der Waals surface area contributed by atoms with Gasteiger partial charge in [0.05, 0.1) is 6.54 Å². The molecule has 1 amide bonds. The summed E-state index contributed by atoms with van der Waals surface area (Å²) in [6.07, 6.45) is 8.37. The molecule has 0 aromatic carbocycles. The predicted molar refractivity (Wildman–Crippen MR) is 74.1 cm³/mol. The van der Waals surface area contributed by atoms with Crippen molar-refractivity contribution in [3.05, 3.63) is 0 Å². The quantitative estimate of drug-likeness (QED) is 0.835. The Bertz CT molecular complexity index is 335. The van der Waals surface area contributed by atoms with E-state index in [1.54, 1.807) is 0 Å². The molecule has 2 saturated heterocycles. The van der Waals surface area contributed by atoms with Crippen LogP contribution in [0.25, 0.3) is 0 Å². The van der Waals surface area contributed by atoms with E-state index in [4.69, 9.17) is 4.74 Å². The fourth-order valence-corrected chi connectivity index (χ4v) is 4.01. The zero-order chi connectivity index (χ0) is 13.3. The van der Waals surface area contributed by atoms with Crippen molar-refractivity contribution in [3.8, 4) is 0 Å². The number of cyclic esters (lactones) is 1. The molecule has 0 aromatic rings. The second kappa shape index (κ2) is 5.31. The van der Waals surface area contributed by atoms with Gasteiger partial charge in [-0.3, -0.25) is 0 Å². The third kappa shape index (κ3) is 2.60. The van der Waals surface area contributed by atoms with Crippen LogP contribution in [-0.2, 0) is 4.74 Å². The molecule has 0 aromatic heterocycles. The highest BCUT2D eigenvalue weighted by Gasteiger charge is 2.48. The fourth-order valence-electron chi connectivity index (χ4n) is 4.01. The van der Waals surface area contributed by atoms with Crippen molar-refractivity contribution < 1.29 is 9.53 Å². The van der Waals surface area contributed by atoms with Crippen LogP contribution in [0.1, 0.15) is 51.9 Å². The number of rotatable bonds is 2. The van der Waals surface area contributed by atoms with E-state index in [0.717, 1.165) is 45.3 Å². The molecule has 0 radical (unpaired) electrons. The van der Waals surface area contributed by atoms with Crippen molar-refractivity contribution in [2.75, 3.05) is 19.6 Å². The van der Waals surface area contributed by atoms with Gasteiger partial charge in [0.15, 0.2) is 0 Å². The molecule has 0 spiro atoms. The van der Waals surface area contributed by atoms with Crippen molar-refractivity contribution >= 4 is 6.09 Å². The van der Waals surface area contributed by atoms with Gasteiger partial charge in [-0.1, -0.05) is 19.3 Å². The van der Waals surface area contributed by atoms with E-state index >= 15 is 0 Å². The number of ether oxygens (including phenoxy) is 1. The molecule has 2 heterocycles. The van der Waals surface area contributed by atoms with E-state index in [0.29, 0.717) is 12.0 Å². The topological polar surface area (TPSA) is 41.6 Å². The van der Waals surface area contributed by atoms with Gasteiger partial charge in [0.1, 0.15) is 5.60 Å². The number of amides is 1. The summed E-state index contributed by atoms with van der Waals surface area (Å²) in [4.78, 5) is 14.2. The molecule has 19 heavy (non-hydrogen) atoms. The maximum absolute atomic E-state index is 12.2. The van der Waals surface area contributed by atoms with E-state index in [-0.39, 0.29) is 11.7 Å². The predicted octanol–water partition coefficient (Wildman–Crippen LogP) is 2.53. The van der Waals surface area contributed by atoms with Crippen molar-refractivity contribution in [1.82, 2.24) is 10.2 Å². The molecule has 2 aliphatic heterocycles. The lowest BCUT2D eigenvalue weighted by Crippen LogP contribution is -2.46. The van der Waals surface area contributed by atoms with E-state index in [2.05, 4.69) is 12.2 Å². The Morgan fingerprint density at radius 2 is 1.84 bits per heavy atom. The molecule has 1 unspecified atom stereocenters. The SMILES string of the molecule is CC1(C2CCNCC2)CN(C2CCCCC2)C(=O)O1. The smallest absolute Gasteiger partial charge is 0.410 e. The van der Waals surface area contributed by atoms with E-state index < -0.39 is 0 Å². The minimum atomic E-state index is -0.253. The summed E-state index contributed by atoms with van der Waals surface area (Å²) in [6, 6.07) is 0.435. The highest BCUT2D eigenvalue weighted by atomic mass is 16.6. The van der Waals surface area contributed by atoms with Crippen LogP contribution in [0.5, 0.6) is 0 Å². The van der Waals surface area contributed by atoms with Crippen molar-refractivity contribution in [2.45, 2.75) is 63.5 Å². The summed E-state index contributed by atoms with van der Waals surface area (Å²) >= 11 is 0. The maximum atomic E-state index is 12.2. The zero-order valence-electron chi connectivity index (χ0n) is 12.0. The molecular weight excluding hydrogens is 240 g/mol. The Labute approximate surface area is 115 Å². The molecule has 4 heteroatoms. The number of carbonyl (C=O) groups excluding carboxylic acids is 1. The van der Waals surface area contributed by atoms with E-state index in [1.165, 1.54) is 19.3 Å². The van der Waals surface area contributed by atoms with E-state index in [1.807, 2.05) is 4.90 Å². The fraction of sp³-hybridized carbons (Fsp3) is 0.933. The van der Waals surface area contributed by atoms with E-state index in [9.17, 15) is 4.79 Å². The summed E-state index contributed by atoms with van der Waals surface area (Å²) < 4.78 is 5.81. The lowest BCUT2D eigenvalue weighted by Gasteiger charge is -2.35. The minimum absolute atomic E-state index is 0.0621. The van der Waals surface area contributed by atoms with Gasteiger partial charge in [-0.05, 0) is 45.7 Å². The van der Waals surface area contributed by atoms with Crippen LogP contribution in [0.4, 0.5) is 4.79 Å². The number of carbonyl (C=O) groups is 1. The molecule has 4 nitrogen and oxygen atoms in total. The summed E-state index contributed by atoms with van der Waals surface area (Å²) in [5.74, 6) is 0.520. The molecule has 1 aliphatic carbocycles. The minimum Gasteiger partial charge on any atom is -0.441 e. The first-order valence-corrected chi connectivity index (χ1v) is 7.89. The Morgan fingerprint density at radius 1 is 1.16 bits per heavy atom. The molecule has 1 saturated carbocycles. The average molecular weight is 266 g/mol. The zero-order valence-corrected chi connectivity index (χ0v) is 12.0. The van der Waals surface area contributed by atoms with Gasteiger partial charge in [0.25, 0.3) is 0 Å². The third-order valence-corrected chi connectivity index (χ3v) is 5.26. The van der Waals surface area contributed by atoms with Crippen LogP contribution >= 0.6 is 0 Å². The lowest BCUT2D eigenvalue weighted by atomic mass is 9.81. The number of piperidine rings is 1. The molecule has 3 rings (SSSR count). The Kier molecular flexibility index (Phi) is 3.70. The first kappa shape index (κ1) is 13.2. The number of hydrogen-bond donors (Lipinski definition) is 1. The standard InChI is InChI=1S/C15H26N2O2/c1-15(12-7-9-16-10-8-12)11-17(14(18)19-15)13-5-3-2-4-6-13/h12-13,16H,2-11H2,1H3. The van der Waals surface area contributed by atoms with Gasteiger partial charge in [-0.25, -0.2) is 4.79 Å². The molecule has 3 aliphatic rings. The Hall–Kier alpha value is -0.770. The first-order valence-electron chi connectivity index (χ1n) is 7.89. The monoisotopic (exact) mass is 266 g/mol. The largest absolute Gasteiger partial charge is 0.441 e.